The van der Waals surface area contributed by atoms with E-state index >= 15 is 0 Å². The molecular formula is C16H24IN. The summed E-state index contributed by atoms with van der Waals surface area (Å²) >= 11 is 2.35. The van der Waals surface area contributed by atoms with Crippen molar-refractivity contribution in [2.45, 2.75) is 57.4 Å². The predicted molar refractivity (Wildman–Crippen MR) is 86.6 cm³/mol. The molecule has 2 heteroatoms. The van der Waals surface area contributed by atoms with Gasteiger partial charge >= 0.3 is 0 Å². The Morgan fingerprint density at radius 2 is 1.67 bits per heavy atom. The Balaban J connectivity index is 1.80. The van der Waals surface area contributed by atoms with Crippen LogP contribution in [0.25, 0.3) is 0 Å². The molecule has 0 aromatic heterocycles. The summed E-state index contributed by atoms with van der Waals surface area (Å²) in [4.78, 5) is 0. The van der Waals surface area contributed by atoms with Crippen molar-refractivity contribution in [1.82, 2.24) is 0 Å². The first-order valence-electron chi connectivity index (χ1n) is 7.24. The van der Waals surface area contributed by atoms with E-state index in [2.05, 4.69) is 46.9 Å². The van der Waals surface area contributed by atoms with Crippen molar-refractivity contribution in [3.05, 3.63) is 33.4 Å². The fourth-order valence-electron chi connectivity index (χ4n) is 3.03. The van der Waals surface area contributed by atoms with E-state index < -0.39 is 0 Å². The van der Waals surface area contributed by atoms with Crippen LogP contribution in [0.5, 0.6) is 0 Å². The van der Waals surface area contributed by atoms with Crippen molar-refractivity contribution >= 4 is 22.6 Å². The molecule has 2 rings (SSSR count). The molecule has 1 unspecified atom stereocenters. The normalized spacial score (nSPS) is 19.4. The Kier molecular flexibility index (Phi) is 5.96. The third kappa shape index (κ3) is 4.88. The summed E-state index contributed by atoms with van der Waals surface area (Å²) in [6, 6.07) is 9.12. The smallest absolute Gasteiger partial charge is 0.0130 e. The fraction of sp³-hybridized carbons (Fsp3) is 0.625. The lowest BCUT2D eigenvalue weighted by Gasteiger charge is -2.19. The van der Waals surface area contributed by atoms with Gasteiger partial charge in [-0.25, -0.2) is 0 Å². The lowest BCUT2D eigenvalue weighted by molar-refractivity contribution is 0.387. The van der Waals surface area contributed by atoms with E-state index in [1.54, 1.807) is 0 Å². The summed E-state index contributed by atoms with van der Waals surface area (Å²) < 4.78 is 1.30. The van der Waals surface area contributed by atoms with Crippen molar-refractivity contribution < 1.29 is 0 Å². The molecule has 1 saturated carbocycles. The summed E-state index contributed by atoms with van der Waals surface area (Å²) in [6.45, 7) is 0. The van der Waals surface area contributed by atoms with Crippen molar-refractivity contribution in [3.8, 4) is 0 Å². The highest BCUT2D eigenvalue weighted by molar-refractivity contribution is 14.1. The van der Waals surface area contributed by atoms with Crippen LogP contribution in [0.2, 0.25) is 0 Å². The van der Waals surface area contributed by atoms with E-state index in [-0.39, 0.29) is 0 Å². The van der Waals surface area contributed by atoms with Crippen LogP contribution in [-0.4, -0.2) is 6.04 Å². The molecule has 0 aliphatic heterocycles. The van der Waals surface area contributed by atoms with E-state index in [1.807, 2.05) is 0 Å². The van der Waals surface area contributed by atoms with Gasteiger partial charge in [-0.05, 0) is 59.0 Å². The SMILES string of the molecule is NC(Cc1ccc(I)cc1)CC1CCCCCC1. The Hall–Kier alpha value is -0.0900. The van der Waals surface area contributed by atoms with Crippen LogP contribution in [0.1, 0.15) is 50.5 Å². The largest absolute Gasteiger partial charge is 0.327 e. The number of hydrogen-bond acceptors (Lipinski definition) is 1. The molecular weight excluding hydrogens is 333 g/mol. The van der Waals surface area contributed by atoms with Gasteiger partial charge < -0.3 is 5.73 Å². The molecule has 0 bridgehead atoms. The molecule has 1 nitrogen and oxygen atoms in total. The van der Waals surface area contributed by atoms with Crippen molar-refractivity contribution in [3.63, 3.8) is 0 Å². The van der Waals surface area contributed by atoms with Crippen molar-refractivity contribution in [2.24, 2.45) is 11.7 Å². The van der Waals surface area contributed by atoms with Gasteiger partial charge in [0.25, 0.3) is 0 Å². The standard InChI is InChI=1S/C16H24IN/c17-15-9-7-14(8-10-15)12-16(18)11-13-5-3-1-2-4-6-13/h7-10,13,16H,1-6,11-12,18H2. The van der Waals surface area contributed by atoms with E-state index in [0.717, 1.165) is 12.3 Å². The van der Waals surface area contributed by atoms with E-state index in [0.29, 0.717) is 6.04 Å². The number of halogens is 1. The Labute approximate surface area is 125 Å². The molecule has 100 valence electrons. The van der Waals surface area contributed by atoms with Gasteiger partial charge in [-0.2, -0.15) is 0 Å². The van der Waals surface area contributed by atoms with Gasteiger partial charge in [0.1, 0.15) is 0 Å². The second kappa shape index (κ2) is 7.49. The summed E-state index contributed by atoms with van der Waals surface area (Å²) in [5.41, 5.74) is 7.71. The second-order valence-corrected chi connectivity index (χ2v) is 6.93. The first kappa shape index (κ1) is 14.3. The zero-order valence-corrected chi connectivity index (χ0v) is 13.2. The summed E-state index contributed by atoms with van der Waals surface area (Å²) in [5, 5.41) is 0. The minimum Gasteiger partial charge on any atom is -0.327 e. The first-order valence-corrected chi connectivity index (χ1v) is 8.32. The number of rotatable bonds is 4. The molecule has 0 spiro atoms. The average molecular weight is 357 g/mol. The number of nitrogens with two attached hydrogens (primary N) is 1. The van der Waals surface area contributed by atoms with Crippen LogP contribution in [0.4, 0.5) is 0 Å². The molecule has 0 radical (unpaired) electrons. The van der Waals surface area contributed by atoms with Crippen LogP contribution in [0.15, 0.2) is 24.3 Å². The Morgan fingerprint density at radius 3 is 2.28 bits per heavy atom. The molecule has 1 fully saturated rings. The maximum absolute atomic E-state index is 6.32. The quantitative estimate of drug-likeness (QED) is 0.622. The maximum atomic E-state index is 6.32. The van der Waals surface area contributed by atoms with Crippen LogP contribution < -0.4 is 5.73 Å². The van der Waals surface area contributed by atoms with Gasteiger partial charge in [0.05, 0.1) is 0 Å². The molecule has 0 heterocycles. The topological polar surface area (TPSA) is 26.0 Å². The Bertz CT molecular complexity index is 339. The van der Waals surface area contributed by atoms with E-state index in [1.165, 1.54) is 54.1 Å². The highest BCUT2D eigenvalue weighted by atomic mass is 127. The molecule has 0 saturated heterocycles. The fourth-order valence-corrected chi connectivity index (χ4v) is 3.39. The van der Waals surface area contributed by atoms with Gasteiger partial charge in [0.2, 0.25) is 0 Å². The average Bonchev–Trinajstić information content (AvgIpc) is 2.61. The monoisotopic (exact) mass is 357 g/mol. The van der Waals surface area contributed by atoms with Crippen LogP contribution in [0.3, 0.4) is 0 Å². The molecule has 18 heavy (non-hydrogen) atoms. The summed E-state index contributed by atoms with van der Waals surface area (Å²) in [5.74, 6) is 0.881. The van der Waals surface area contributed by atoms with Crippen LogP contribution in [0, 0.1) is 9.49 Å². The summed E-state index contributed by atoms with van der Waals surface area (Å²) in [7, 11) is 0. The zero-order valence-electron chi connectivity index (χ0n) is 11.1. The minimum atomic E-state index is 0.341. The third-order valence-corrected chi connectivity index (χ3v) is 4.74. The van der Waals surface area contributed by atoms with Crippen molar-refractivity contribution in [1.29, 1.82) is 0 Å². The van der Waals surface area contributed by atoms with Crippen LogP contribution in [-0.2, 0) is 6.42 Å². The lowest BCUT2D eigenvalue weighted by Crippen LogP contribution is -2.26. The molecule has 1 aromatic rings. The highest BCUT2D eigenvalue weighted by Gasteiger charge is 2.16. The molecule has 1 atom stereocenters. The highest BCUT2D eigenvalue weighted by Crippen LogP contribution is 2.26. The second-order valence-electron chi connectivity index (χ2n) is 5.68. The molecule has 2 N–H and O–H groups in total. The first-order chi connectivity index (χ1) is 8.74. The van der Waals surface area contributed by atoms with Crippen molar-refractivity contribution in [2.75, 3.05) is 0 Å². The predicted octanol–water partition coefficient (Wildman–Crippen LogP) is 4.52. The molecule has 0 amide bonds. The number of benzene rings is 1. The Morgan fingerprint density at radius 1 is 1.06 bits per heavy atom. The summed E-state index contributed by atoms with van der Waals surface area (Å²) in [6.07, 6.45) is 10.8. The van der Waals surface area contributed by atoms with Crippen LogP contribution >= 0.6 is 22.6 Å². The lowest BCUT2D eigenvalue weighted by atomic mass is 9.90. The molecule has 1 aliphatic rings. The van der Waals surface area contributed by atoms with Gasteiger partial charge in [-0.15, -0.1) is 0 Å². The van der Waals surface area contributed by atoms with Gasteiger partial charge in [-0.3, -0.25) is 0 Å². The minimum absolute atomic E-state index is 0.341. The van der Waals surface area contributed by atoms with E-state index in [9.17, 15) is 0 Å². The maximum Gasteiger partial charge on any atom is 0.0130 e. The van der Waals surface area contributed by atoms with Gasteiger partial charge in [0, 0.05) is 9.61 Å². The van der Waals surface area contributed by atoms with Gasteiger partial charge in [0.15, 0.2) is 0 Å². The van der Waals surface area contributed by atoms with Gasteiger partial charge in [-0.1, -0.05) is 50.7 Å². The zero-order chi connectivity index (χ0) is 12.8. The van der Waals surface area contributed by atoms with E-state index in [4.69, 9.17) is 5.73 Å². The third-order valence-electron chi connectivity index (χ3n) is 4.02. The molecule has 1 aromatic carbocycles. The number of hydrogen-bond donors (Lipinski definition) is 1. The molecule has 1 aliphatic carbocycles.